The van der Waals surface area contributed by atoms with Crippen molar-refractivity contribution < 1.29 is 9.59 Å². The van der Waals surface area contributed by atoms with Gasteiger partial charge in [-0.05, 0) is 24.8 Å². The third-order valence-corrected chi connectivity index (χ3v) is 5.24. The van der Waals surface area contributed by atoms with Crippen molar-refractivity contribution in [3.05, 3.63) is 27.7 Å². The normalized spacial score (nSPS) is 16.8. The molecular formula is C14H16N4O3S2. The minimum absolute atomic E-state index is 0.0722. The smallest absolute Gasteiger partial charge is 0.267 e. The first kappa shape index (κ1) is 16.1. The van der Waals surface area contributed by atoms with Crippen LogP contribution in [0.2, 0.25) is 0 Å². The Kier molecular flexibility index (Phi) is 4.76. The number of hydrogen-bond donors (Lipinski definition) is 1. The Bertz CT molecular complexity index is 715. The molecule has 1 aromatic heterocycles. The summed E-state index contributed by atoms with van der Waals surface area (Å²) in [7, 11) is 0. The Balaban J connectivity index is 1.52. The van der Waals surface area contributed by atoms with Gasteiger partial charge in [-0.2, -0.15) is 5.10 Å². The van der Waals surface area contributed by atoms with E-state index in [2.05, 4.69) is 10.4 Å². The van der Waals surface area contributed by atoms with Gasteiger partial charge in [0.25, 0.3) is 5.56 Å². The minimum atomic E-state index is -0.294. The van der Waals surface area contributed by atoms with E-state index in [4.69, 9.17) is 12.2 Å². The lowest BCUT2D eigenvalue weighted by Gasteiger charge is -2.14. The Labute approximate surface area is 142 Å². The predicted octanol–water partition coefficient (Wildman–Crippen LogP) is -0.292. The van der Waals surface area contributed by atoms with E-state index < -0.39 is 0 Å². The van der Waals surface area contributed by atoms with Crippen LogP contribution in [-0.4, -0.2) is 49.7 Å². The second-order valence-corrected chi connectivity index (χ2v) is 7.02. The fraction of sp³-hybridized carbons (Fsp3) is 0.500. The molecule has 23 heavy (non-hydrogen) atoms. The maximum absolute atomic E-state index is 11.9. The van der Waals surface area contributed by atoms with Crippen LogP contribution in [0.5, 0.6) is 0 Å². The van der Waals surface area contributed by atoms with Crippen molar-refractivity contribution >= 4 is 40.1 Å². The Morgan fingerprint density at radius 2 is 2.22 bits per heavy atom. The number of thioether (sulfide) groups is 1. The van der Waals surface area contributed by atoms with Gasteiger partial charge in [0.2, 0.25) is 11.8 Å². The number of carbonyl (C=O) groups is 2. The average molecular weight is 352 g/mol. The summed E-state index contributed by atoms with van der Waals surface area (Å²) in [5.74, 6) is -0.148. The number of rotatable bonds is 5. The minimum Gasteiger partial charge on any atom is -0.353 e. The van der Waals surface area contributed by atoms with E-state index in [1.807, 2.05) is 0 Å². The van der Waals surface area contributed by atoms with Crippen molar-refractivity contribution in [1.82, 2.24) is 20.0 Å². The molecule has 2 aliphatic rings. The van der Waals surface area contributed by atoms with Crippen molar-refractivity contribution in [2.45, 2.75) is 25.8 Å². The summed E-state index contributed by atoms with van der Waals surface area (Å²) in [6, 6.07) is 1.63. The number of hydrogen-bond acceptors (Lipinski definition) is 6. The van der Waals surface area contributed by atoms with Crippen LogP contribution >= 0.6 is 24.0 Å². The largest absolute Gasteiger partial charge is 0.353 e. The van der Waals surface area contributed by atoms with Crippen LogP contribution in [0.25, 0.3) is 0 Å². The number of amides is 2. The highest BCUT2D eigenvalue weighted by atomic mass is 32.2. The van der Waals surface area contributed by atoms with Gasteiger partial charge in [-0.15, -0.1) is 0 Å². The zero-order chi connectivity index (χ0) is 16.4. The highest BCUT2D eigenvalue weighted by molar-refractivity contribution is 8.23. The first-order valence-corrected chi connectivity index (χ1v) is 8.78. The van der Waals surface area contributed by atoms with Gasteiger partial charge in [0, 0.05) is 12.6 Å². The molecule has 3 rings (SSSR count). The van der Waals surface area contributed by atoms with E-state index in [1.165, 1.54) is 21.3 Å². The van der Waals surface area contributed by atoms with Gasteiger partial charge in [-0.1, -0.05) is 24.0 Å². The van der Waals surface area contributed by atoms with Gasteiger partial charge < -0.3 is 5.32 Å². The number of carbonyl (C=O) groups excluding carboxylic acids is 2. The van der Waals surface area contributed by atoms with Crippen LogP contribution in [0.3, 0.4) is 0 Å². The molecule has 0 unspecified atom stereocenters. The Hall–Kier alpha value is -1.74. The summed E-state index contributed by atoms with van der Waals surface area (Å²) in [6.07, 6.45) is 2.84. The van der Waals surface area contributed by atoms with E-state index >= 15 is 0 Å². The van der Waals surface area contributed by atoms with Gasteiger partial charge in [-0.3, -0.25) is 19.3 Å². The van der Waals surface area contributed by atoms with E-state index in [0.29, 0.717) is 16.6 Å². The molecule has 0 aromatic carbocycles. The molecule has 1 aromatic rings. The topological polar surface area (TPSA) is 84.3 Å². The first-order chi connectivity index (χ1) is 11.0. The monoisotopic (exact) mass is 352 g/mol. The molecule has 7 nitrogen and oxygen atoms in total. The summed E-state index contributed by atoms with van der Waals surface area (Å²) < 4.78 is 1.81. The van der Waals surface area contributed by atoms with E-state index in [0.717, 1.165) is 30.5 Å². The number of thiocarbonyl (C=S) groups is 1. The molecule has 0 saturated carbocycles. The molecule has 2 heterocycles. The fourth-order valence-corrected chi connectivity index (χ4v) is 3.70. The number of nitrogens with one attached hydrogen (secondary N) is 1. The van der Waals surface area contributed by atoms with Crippen LogP contribution in [0.15, 0.2) is 10.9 Å². The number of fused-ring (bicyclic) bond motifs is 1. The third-order valence-electron chi connectivity index (χ3n) is 3.81. The molecule has 2 amide bonds. The summed E-state index contributed by atoms with van der Waals surface area (Å²) >= 11 is 6.28. The fourth-order valence-electron chi connectivity index (χ4n) is 2.63. The molecule has 1 saturated heterocycles. The van der Waals surface area contributed by atoms with Gasteiger partial charge in [0.1, 0.15) is 10.9 Å². The summed E-state index contributed by atoms with van der Waals surface area (Å²) in [5, 5.41) is 7.03. The highest BCUT2D eigenvalue weighted by Crippen LogP contribution is 2.18. The molecule has 9 heteroatoms. The summed E-state index contributed by atoms with van der Waals surface area (Å²) in [6.45, 7) is 0.522. The maximum Gasteiger partial charge on any atom is 0.267 e. The van der Waals surface area contributed by atoms with E-state index in [-0.39, 0.29) is 30.5 Å². The highest BCUT2D eigenvalue weighted by Gasteiger charge is 2.28. The quantitative estimate of drug-likeness (QED) is 0.733. The third kappa shape index (κ3) is 3.61. The second-order valence-electron chi connectivity index (χ2n) is 5.42. The summed E-state index contributed by atoms with van der Waals surface area (Å²) in [4.78, 5) is 36.7. The van der Waals surface area contributed by atoms with Crippen LogP contribution in [0, 0.1) is 0 Å². The van der Waals surface area contributed by atoms with Gasteiger partial charge in [-0.25, -0.2) is 4.68 Å². The zero-order valence-electron chi connectivity index (χ0n) is 12.4. The summed E-state index contributed by atoms with van der Waals surface area (Å²) in [5.41, 5.74) is 1.86. The lowest BCUT2D eigenvalue weighted by atomic mass is 10.2. The Morgan fingerprint density at radius 1 is 1.39 bits per heavy atom. The van der Waals surface area contributed by atoms with Crippen molar-refractivity contribution in [3.8, 4) is 0 Å². The lowest BCUT2D eigenvalue weighted by Crippen LogP contribution is -2.41. The van der Waals surface area contributed by atoms with Crippen LogP contribution in [-0.2, 0) is 29.0 Å². The van der Waals surface area contributed by atoms with Crippen molar-refractivity contribution in [1.29, 1.82) is 0 Å². The number of aryl methyl sites for hydroxylation is 2. The molecule has 1 aliphatic carbocycles. The maximum atomic E-state index is 11.9. The molecular weight excluding hydrogens is 336 g/mol. The van der Waals surface area contributed by atoms with Crippen LogP contribution in [0.4, 0.5) is 0 Å². The second kappa shape index (κ2) is 6.79. The van der Waals surface area contributed by atoms with Crippen molar-refractivity contribution in [2.75, 3.05) is 18.8 Å². The molecule has 0 radical (unpaired) electrons. The standard InChI is InChI=1S/C14H16N4O3S2/c19-11(7-17-13(21)8-23-14(17)22)15-4-5-18-12(20)6-9-2-1-3-10(9)16-18/h6H,1-5,7-8H2,(H,15,19). The molecule has 0 atom stereocenters. The zero-order valence-corrected chi connectivity index (χ0v) is 14.0. The number of aromatic nitrogens is 2. The van der Waals surface area contributed by atoms with Gasteiger partial charge >= 0.3 is 0 Å². The first-order valence-electron chi connectivity index (χ1n) is 7.38. The van der Waals surface area contributed by atoms with E-state index in [9.17, 15) is 14.4 Å². The number of nitrogens with zero attached hydrogens (tertiary/aromatic N) is 3. The SMILES string of the molecule is O=C(CN1C(=O)CSC1=S)NCCn1nc2c(cc1=O)CCC2. The van der Waals surface area contributed by atoms with Crippen molar-refractivity contribution in [2.24, 2.45) is 0 Å². The molecule has 1 N–H and O–H groups in total. The average Bonchev–Trinajstić information content (AvgIpc) is 3.08. The Morgan fingerprint density at radius 3 is 2.96 bits per heavy atom. The van der Waals surface area contributed by atoms with Gasteiger partial charge in [0.15, 0.2) is 0 Å². The predicted molar refractivity (Wildman–Crippen MR) is 90.3 cm³/mol. The lowest BCUT2D eigenvalue weighted by molar-refractivity contribution is -0.129. The molecule has 122 valence electrons. The molecule has 1 fully saturated rings. The molecule has 0 spiro atoms. The molecule has 1 aliphatic heterocycles. The van der Waals surface area contributed by atoms with E-state index in [1.54, 1.807) is 6.07 Å². The van der Waals surface area contributed by atoms with Gasteiger partial charge in [0.05, 0.1) is 18.0 Å². The molecule has 0 bridgehead atoms. The van der Waals surface area contributed by atoms with Crippen LogP contribution < -0.4 is 10.9 Å². The van der Waals surface area contributed by atoms with Crippen LogP contribution in [0.1, 0.15) is 17.7 Å². The van der Waals surface area contributed by atoms with Crippen molar-refractivity contribution in [3.63, 3.8) is 0 Å².